The lowest BCUT2D eigenvalue weighted by Gasteiger charge is -1.98. The minimum absolute atomic E-state index is 0.102. The van der Waals surface area contributed by atoms with E-state index in [-0.39, 0.29) is 5.91 Å². The zero-order valence-corrected chi connectivity index (χ0v) is 13.4. The number of benzene rings is 1. The molecule has 0 unspecified atom stereocenters. The average molecular weight is 311 g/mol. The summed E-state index contributed by atoms with van der Waals surface area (Å²) in [7, 11) is 1.95. The van der Waals surface area contributed by atoms with E-state index in [4.69, 9.17) is 0 Å². The lowest BCUT2D eigenvalue weighted by Crippen LogP contribution is -2.19. The van der Waals surface area contributed by atoms with E-state index < -0.39 is 0 Å². The van der Waals surface area contributed by atoms with E-state index in [0.717, 1.165) is 17.8 Å². The van der Waals surface area contributed by atoms with Crippen LogP contribution in [0.25, 0.3) is 6.08 Å². The van der Waals surface area contributed by atoms with Gasteiger partial charge in [0.1, 0.15) is 0 Å². The van der Waals surface area contributed by atoms with Crippen molar-refractivity contribution in [3.63, 3.8) is 0 Å². The van der Waals surface area contributed by atoms with Crippen molar-refractivity contribution in [2.45, 2.75) is 13.3 Å². The Balaban J connectivity index is 1.80. The molecule has 1 amide bonds. The molecule has 1 aliphatic heterocycles. The van der Waals surface area contributed by atoms with E-state index in [1.807, 2.05) is 48.2 Å². The van der Waals surface area contributed by atoms with Crippen molar-refractivity contribution in [2.75, 3.05) is 0 Å². The Labute approximate surface area is 133 Å². The van der Waals surface area contributed by atoms with Crippen molar-refractivity contribution >= 4 is 34.6 Å². The second-order valence-electron chi connectivity index (χ2n) is 5.05. The quantitative estimate of drug-likeness (QED) is 0.882. The number of nitrogens with zero attached hydrogens (tertiary/aromatic N) is 2. The van der Waals surface area contributed by atoms with E-state index in [2.05, 4.69) is 29.4 Å². The molecule has 1 aromatic heterocycles. The zero-order valence-electron chi connectivity index (χ0n) is 12.5. The van der Waals surface area contributed by atoms with Crippen LogP contribution in [0.3, 0.4) is 0 Å². The summed E-state index contributed by atoms with van der Waals surface area (Å²) < 4.78 is 1.97. The topological polar surface area (TPSA) is 46.4 Å². The summed E-state index contributed by atoms with van der Waals surface area (Å²) >= 11 is 1.37. The van der Waals surface area contributed by atoms with Gasteiger partial charge in [0.15, 0.2) is 5.17 Å². The first-order valence-electron chi connectivity index (χ1n) is 7.15. The van der Waals surface area contributed by atoms with Crippen LogP contribution in [0.4, 0.5) is 5.69 Å². The Hall–Kier alpha value is -2.27. The van der Waals surface area contributed by atoms with Crippen LogP contribution in [-0.4, -0.2) is 15.6 Å². The van der Waals surface area contributed by atoms with Crippen molar-refractivity contribution in [1.29, 1.82) is 0 Å². The van der Waals surface area contributed by atoms with Gasteiger partial charge in [-0.25, -0.2) is 4.99 Å². The highest BCUT2D eigenvalue weighted by Crippen LogP contribution is 2.28. The zero-order chi connectivity index (χ0) is 15.5. The predicted molar refractivity (Wildman–Crippen MR) is 92.0 cm³/mol. The first kappa shape index (κ1) is 14.7. The standard InChI is InChI=1S/C17H17N3OS/c1-3-12-6-8-13(9-7-12)18-17-19-16(21)15(22-17)11-14-5-4-10-20(14)2/h4-11H,3H2,1-2H3,(H,18,19,21). The number of thioether (sulfide) groups is 1. The van der Waals surface area contributed by atoms with Gasteiger partial charge in [0, 0.05) is 18.9 Å². The Morgan fingerprint density at radius 2 is 2.05 bits per heavy atom. The van der Waals surface area contributed by atoms with E-state index in [1.165, 1.54) is 17.3 Å². The van der Waals surface area contributed by atoms with E-state index in [0.29, 0.717) is 10.1 Å². The van der Waals surface area contributed by atoms with Gasteiger partial charge in [0.05, 0.1) is 10.6 Å². The molecule has 0 bridgehead atoms. The van der Waals surface area contributed by atoms with E-state index >= 15 is 0 Å². The van der Waals surface area contributed by atoms with Crippen LogP contribution in [0.5, 0.6) is 0 Å². The summed E-state index contributed by atoms with van der Waals surface area (Å²) in [5.41, 5.74) is 3.11. The smallest absolute Gasteiger partial charge is 0.264 e. The summed E-state index contributed by atoms with van der Waals surface area (Å²) in [6.45, 7) is 2.12. The molecular weight excluding hydrogens is 294 g/mol. The van der Waals surface area contributed by atoms with Gasteiger partial charge >= 0.3 is 0 Å². The lowest BCUT2D eigenvalue weighted by molar-refractivity contribution is -0.115. The fourth-order valence-electron chi connectivity index (χ4n) is 2.16. The van der Waals surface area contributed by atoms with Crippen LogP contribution in [0.1, 0.15) is 18.2 Å². The first-order valence-corrected chi connectivity index (χ1v) is 7.97. The summed E-state index contributed by atoms with van der Waals surface area (Å²) in [6.07, 6.45) is 4.84. The molecule has 3 rings (SSSR count). The third kappa shape index (κ3) is 3.14. The summed E-state index contributed by atoms with van der Waals surface area (Å²) in [4.78, 5) is 17.2. The molecule has 2 aromatic rings. The number of aliphatic imine (C=N–C) groups is 1. The monoisotopic (exact) mass is 311 g/mol. The molecule has 1 fully saturated rings. The molecule has 112 valence electrons. The fourth-order valence-corrected chi connectivity index (χ4v) is 2.99. The van der Waals surface area contributed by atoms with Gasteiger partial charge in [-0.2, -0.15) is 0 Å². The molecule has 1 aliphatic rings. The Morgan fingerprint density at radius 3 is 2.68 bits per heavy atom. The van der Waals surface area contributed by atoms with Crippen LogP contribution >= 0.6 is 11.8 Å². The van der Waals surface area contributed by atoms with E-state index in [9.17, 15) is 4.79 Å². The van der Waals surface area contributed by atoms with Crippen molar-refractivity contribution in [3.8, 4) is 0 Å². The molecule has 0 spiro atoms. The average Bonchev–Trinajstić information content (AvgIpc) is 3.07. The maximum atomic E-state index is 12.0. The van der Waals surface area contributed by atoms with Gasteiger partial charge in [-0.05, 0) is 54.1 Å². The number of carbonyl (C=O) groups excluding carboxylic acids is 1. The maximum absolute atomic E-state index is 12.0. The van der Waals surface area contributed by atoms with Gasteiger partial charge < -0.3 is 9.88 Å². The molecule has 4 nitrogen and oxygen atoms in total. The van der Waals surface area contributed by atoms with Crippen LogP contribution < -0.4 is 5.32 Å². The summed E-state index contributed by atoms with van der Waals surface area (Å²) in [6, 6.07) is 12.0. The molecule has 0 radical (unpaired) electrons. The van der Waals surface area contributed by atoms with Crippen molar-refractivity contribution in [3.05, 3.63) is 58.8 Å². The second kappa shape index (κ2) is 6.23. The molecule has 0 saturated carbocycles. The SMILES string of the molecule is CCc1ccc(N=C2NC(=O)C(=Cc3cccn3C)S2)cc1. The number of hydrogen-bond donors (Lipinski definition) is 1. The second-order valence-corrected chi connectivity index (χ2v) is 6.08. The number of carbonyl (C=O) groups is 1. The normalized spacial score (nSPS) is 18.2. The van der Waals surface area contributed by atoms with Crippen LogP contribution in [0.15, 0.2) is 52.5 Å². The Morgan fingerprint density at radius 1 is 1.27 bits per heavy atom. The van der Waals surface area contributed by atoms with Gasteiger partial charge in [-0.1, -0.05) is 19.1 Å². The largest absolute Gasteiger partial charge is 0.351 e. The third-order valence-corrected chi connectivity index (χ3v) is 4.40. The summed E-state index contributed by atoms with van der Waals surface area (Å²) in [5.74, 6) is -0.102. The fraction of sp³-hybridized carbons (Fsp3) is 0.176. The van der Waals surface area contributed by atoms with Crippen molar-refractivity contribution in [1.82, 2.24) is 9.88 Å². The molecule has 2 heterocycles. The number of aromatic nitrogens is 1. The highest BCUT2D eigenvalue weighted by Gasteiger charge is 2.24. The van der Waals surface area contributed by atoms with Crippen LogP contribution in [-0.2, 0) is 18.3 Å². The molecule has 1 saturated heterocycles. The molecule has 22 heavy (non-hydrogen) atoms. The lowest BCUT2D eigenvalue weighted by atomic mass is 10.2. The van der Waals surface area contributed by atoms with Gasteiger partial charge in [-0.15, -0.1) is 0 Å². The maximum Gasteiger partial charge on any atom is 0.264 e. The molecule has 1 aromatic carbocycles. The molecule has 1 N–H and O–H groups in total. The van der Waals surface area contributed by atoms with Gasteiger partial charge in [0.2, 0.25) is 0 Å². The van der Waals surface area contributed by atoms with Gasteiger partial charge in [0.25, 0.3) is 5.91 Å². The molecule has 0 atom stereocenters. The van der Waals surface area contributed by atoms with Crippen molar-refractivity contribution < 1.29 is 4.79 Å². The predicted octanol–water partition coefficient (Wildman–Crippen LogP) is 3.48. The highest BCUT2D eigenvalue weighted by atomic mass is 32.2. The highest BCUT2D eigenvalue weighted by molar-refractivity contribution is 8.18. The Bertz CT molecular complexity index is 756. The van der Waals surface area contributed by atoms with Crippen LogP contribution in [0, 0.1) is 0 Å². The minimum Gasteiger partial charge on any atom is -0.351 e. The number of nitrogens with one attached hydrogen (secondary N) is 1. The number of hydrogen-bond acceptors (Lipinski definition) is 3. The molecular formula is C17H17N3OS. The minimum atomic E-state index is -0.102. The summed E-state index contributed by atoms with van der Waals surface area (Å²) in [5, 5.41) is 3.43. The van der Waals surface area contributed by atoms with Crippen LogP contribution in [0.2, 0.25) is 0 Å². The Kier molecular flexibility index (Phi) is 4.15. The number of rotatable bonds is 3. The molecule has 5 heteroatoms. The molecule has 0 aliphatic carbocycles. The third-order valence-electron chi connectivity index (χ3n) is 3.49. The number of aryl methyl sites for hydroxylation is 2. The number of amidine groups is 1. The first-order chi connectivity index (χ1) is 10.7. The van der Waals surface area contributed by atoms with Crippen molar-refractivity contribution in [2.24, 2.45) is 12.0 Å². The number of amides is 1. The van der Waals surface area contributed by atoms with E-state index in [1.54, 1.807) is 0 Å². The van der Waals surface area contributed by atoms with Gasteiger partial charge in [-0.3, -0.25) is 4.79 Å².